The van der Waals surface area contributed by atoms with Crippen molar-refractivity contribution >= 4 is 0 Å². The van der Waals surface area contributed by atoms with Crippen LogP contribution >= 0.6 is 0 Å². The fourth-order valence-corrected chi connectivity index (χ4v) is 1.52. The molecule has 70 valence electrons. The number of hydrogen-bond acceptors (Lipinski definition) is 3. The smallest absolute Gasteiger partial charge is 0.124 e. The van der Waals surface area contributed by atoms with E-state index in [1.165, 1.54) is 6.07 Å². The first-order valence-electron chi connectivity index (χ1n) is 4.46. The molecule has 1 aromatic rings. The standard InChI is InChI=1S/C10H13NO2/c11-10(6-1-2-6)8-4-3-7(12)5-9(8)13/h3-6,10,12-13H,1-2,11H2. The zero-order valence-electron chi connectivity index (χ0n) is 7.27. The molecular weight excluding hydrogens is 166 g/mol. The van der Waals surface area contributed by atoms with Gasteiger partial charge in [-0.15, -0.1) is 0 Å². The van der Waals surface area contributed by atoms with Crippen molar-refractivity contribution in [2.45, 2.75) is 18.9 Å². The Bertz CT molecular complexity index is 321. The molecule has 1 aliphatic carbocycles. The van der Waals surface area contributed by atoms with Crippen molar-refractivity contribution in [1.82, 2.24) is 0 Å². The first-order chi connectivity index (χ1) is 6.18. The molecule has 0 saturated heterocycles. The van der Waals surface area contributed by atoms with Gasteiger partial charge in [0.2, 0.25) is 0 Å². The molecule has 2 rings (SSSR count). The van der Waals surface area contributed by atoms with Gasteiger partial charge in [-0.25, -0.2) is 0 Å². The van der Waals surface area contributed by atoms with Gasteiger partial charge in [0.15, 0.2) is 0 Å². The Labute approximate surface area is 76.8 Å². The average Bonchev–Trinajstić information content (AvgIpc) is 2.85. The number of benzene rings is 1. The third-order valence-electron chi connectivity index (χ3n) is 2.50. The lowest BCUT2D eigenvalue weighted by Gasteiger charge is -2.12. The number of phenols is 2. The molecule has 0 aliphatic heterocycles. The van der Waals surface area contributed by atoms with Crippen molar-refractivity contribution in [1.29, 1.82) is 0 Å². The second-order valence-corrected chi connectivity index (χ2v) is 3.61. The van der Waals surface area contributed by atoms with E-state index in [0.29, 0.717) is 5.92 Å². The first-order valence-corrected chi connectivity index (χ1v) is 4.46. The van der Waals surface area contributed by atoms with Gasteiger partial charge in [-0.1, -0.05) is 6.07 Å². The number of nitrogens with two attached hydrogens (primary N) is 1. The van der Waals surface area contributed by atoms with E-state index >= 15 is 0 Å². The zero-order valence-corrected chi connectivity index (χ0v) is 7.27. The zero-order chi connectivity index (χ0) is 9.42. The molecule has 1 aliphatic rings. The lowest BCUT2D eigenvalue weighted by molar-refractivity contribution is 0.438. The molecule has 3 heteroatoms. The minimum atomic E-state index is -0.0828. The predicted molar refractivity (Wildman–Crippen MR) is 49.4 cm³/mol. The average molecular weight is 179 g/mol. The fraction of sp³-hybridized carbons (Fsp3) is 0.400. The number of phenolic OH excluding ortho intramolecular Hbond substituents is 2. The summed E-state index contributed by atoms with van der Waals surface area (Å²) in [4.78, 5) is 0. The largest absolute Gasteiger partial charge is 0.508 e. The topological polar surface area (TPSA) is 66.5 Å². The van der Waals surface area contributed by atoms with Gasteiger partial charge >= 0.3 is 0 Å². The van der Waals surface area contributed by atoms with Gasteiger partial charge in [-0.3, -0.25) is 0 Å². The Morgan fingerprint density at radius 2 is 2.00 bits per heavy atom. The van der Waals surface area contributed by atoms with Crippen LogP contribution < -0.4 is 5.73 Å². The highest BCUT2D eigenvalue weighted by Crippen LogP contribution is 2.42. The van der Waals surface area contributed by atoms with Gasteiger partial charge in [-0.2, -0.15) is 0 Å². The summed E-state index contributed by atoms with van der Waals surface area (Å²) < 4.78 is 0. The third kappa shape index (κ3) is 1.60. The van der Waals surface area contributed by atoms with Crippen LogP contribution in [0.25, 0.3) is 0 Å². The van der Waals surface area contributed by atoms with Gasteiger partial charge in [0.1, 0.15) is 11.5 Å². The molecule has 0 bridgehead atoms. The number of aromatic hydroxyl groups is 2. The SMILES string of the molecule is NC(c1ccc(O)cc1O)C1CC1. The molecule has 1 aromatic carbocycles. The van der Waals surface area contributed by atoms with Crippen molar-refractivity contribution in [3.63, 3.8) is 0 Å². The summed E-state index contributed by atoms with van der Waals surface area (Å²) in [7, 11) is 0. The maximum absolute atomic E-state index is 9.50. The normalized spacial score (nSPS) is 18.5. The van der Waals surface area contributed by atoms with E-state index in [0.717, 1.165) is 18.4 Å². The number of rotatable bonds is 2. The Morgan fingerprint density at radius 1 is 1.31 bits per heavy atom. The van der Waals surface area contributed by atoms with E-state index in [4.69, 9.17) is 10.8 Å². The van der Waals surface area contributed by atoms with Crippen LogP contribution in [0.15, 0.2) is 18.2 Å². The molecular formula is C10H13NO2. The molecule has 13 heavy (non-hydrogen) atoms. The van der Waals surface area contributed by atoms with Crippen LogP contribution in [0.4, 0.5) is 0 Å². The van der Waals surface area contributed by atoms with E-state index in [1.807, 2.05) is 0 Å². The highest BCUT2D eigenvalue weighted by atomic mass is 16.3. The van der Waals surface area contributed by atoms with Crippen LogP contribution in [0, 0.1) is 5.92 Å². The second-order valence-electron chi connectivity index (χ2n) is 3.61. The Balaban J connectivity index is 2.28. The van der Waals surface area contributed by atoms with Gasteiger partial charge in [0, 0.05) is 17.7 Å². The molecule has 4 N–H and O–H groups in total. The summed E-state index contributed by atoms with van der Waals surface area (Å²) in [5, 5.41) is 18.6. The van der Waals surface area contributed by atoms with Crippen LogP contribution in [0.1, 0.15) is 24.4 Å². The summed E-state index contributed by atoms with van der Waals surface area (Å²) in [5.41, 5.74) is 6.65. The van der Waals surface area contributed by atoms with Crippen LogP contribution in [-0.2, 0) is 0 Å². The Hall–Kier alpha value is -1.22. The minimum absolute atomic E-state index is 0.0734. The molecule has 0 heterocycles. The highest BCUT2D eigenvalue weighted by Gasteiger charge is 2.30. The maximum atomic E-state index is 9.50. The van der Waals surface area contributed by atoms with E-state index in [-0.39, 0.29) is 17.5 Å². The molecule has 3 nitrogen and oxygen atoms in total. The number of hydrogen-bond donors (Lipinski definition) is 3. The van der Waals surface area contributed by atoms with Crippen LogP contribution in [0.5, 0.6) is 11.5 Å². The van der Waals surface area contributed by atoms with Gasteiger partial charge in [0.25, 0.3) is 0 Å². The van der Waals surface area contributed by atoms with Crippen molar-refractivity contribution in [2.24, 2.45) is 11.7 Å². The molecule has 0 aromatic heterocycles. The quantitative estimate of drug-likeness (QED) is 0.644. The molecule has 1 saturated carbocycles. The summed E-state index contributed by atoms with van der Waals surface area (Å²) in [6.07, 6.45) is 2.28. The van der Waals surface area contributed by atoms with Crippen molar-refractivity contribution < 1.29 is 10.2 Å². The van der Waals surface area contributed by atoms with Crippen LogP contribution in [0.2, 0.25) is 0 Å². The molecule has 1 atom stereocenters. The van der Waals surface area contributed by atoms with E-state index in [2.05, 4.69) is 0 Å². The molecule has 1 unspecified atom stereocenters. The first kappa shape index (κ1) is 8.38. The monoisotopic (exact) mass is 179 g/mol. The lowest BCUT2D eigenvalue weighted by Crippen LogP contribution is -2.12. The third-order valence-corrected chi connectivity index (χ3v) is 2.50. The summed E-state index contributed by atoms with van der Waals surface area (Å²) in [5.74, 6) is 0.680. The predicted octanol–water partition coefficient (Wildman–Crippen LogP) is 1.51. The molecule has 0 radical (unpaired) electrons. The van der Waals surface area contributed by atoms with Gasteiger partial charge < -0.3 is 15.9 Å². The lowest BCUT2D eigenvalue weighted by atomic mass is 10.0. The highest BCUT2D eigenvalue weighted by molar-refractivity contribution is 5.41. The fourth-order valence-electron chi connectivity index (χ4n) is 1.52. The van der Waals surface area contributed by atoms with Crippen molar-refractivity contribution in [3.8, 4) is 11.5 Å². The van der Waals surface area contributed by atoms with Gasteiger partial charge in [-0.05, 0) is 24.8 Å². The second kappa shape index (κ2) is 2.92. The summed E-state index contributed by atoms with van der Waals surface area (Å²) in [6.45, 7) is 0. The minimum Gasteiger partial charge on any atom is -0.508 e. The Kier molecular flexibility index (Phi) is 1.88. The van der Waals surface area contributed by atoms with E-state index in [9.17, 15) is 5.11 Å². The molecule has 0 amide bonds. The molecule has 0 spiro atoms. The van der Waals surface area contributed by atoms with Gasteiger partial charge in [0.05, 0.1) is 0 Å². The Morgan fingerprint density at radius 3 is 2.54 bits per heavy atom. The molecule has 1 fully saturated rings. The van der Waals surface area contributed by atoms with Crippen LogP contribution in [0.3, 0.4) is 0 Å². The summed E-state index contributed by atoms with van der Waals surface area (Å²) in [6, 6.07) is 4.49. The van der Waals surface area contributed by atoms with E-state index < -0.39 is 0 Å². The van der Waals surface area contributed by atoms with Crippen molar-refractivity contribution in [3.05, 3.63) is 23.8 Å². The maximum Gasteiger partial charge on any atom is 0.124 e. The van der Waals surface area contributed by atoms with Crippen LogP contribution in [-0.4, -0.2) is 10.2 Å². The van der Waals surface area contributed by atoms with E-state index in [1.54, 1.807) is 12.1 Å². The van der Waals surface area contributed by atoms with Crippen molar-refractivity contribution in [2.75, 3.05) is 0 Å². The summed E-state index contributed by atoms with van der Waals surface area (Å²) >= 11 is 0.